The molecule has 2 aliphatic rings. The van der Waals surface area contributed by atoms with E-state index in [2.05, 4.69) is 41.4 Å². The number of amides is 1. The number of nitrogens with zero attached hydrogens (tertiary/aromatic N) is 4. The Morgan fingerprint density at radius 1 is 1.19 bits per heavy atom. The van der Waals surface area contributed by atoms with Crippen LogP contribution in [-0.2, 0) is 9.63 Å². The molecule has 0 aromatic rings. The van der Waals surface area contributed by atoms with Crippen molar-refractivity contribution >= 4 is 18.5 Å². The van der Waals surface area contributed by atoms with Crippen molar-refractivity contribution in [1.82, 2.24) is 15.7 Å². The van der Waals surface area contributed by atoms with Gasteiger partial charge < -0.3 is 5.32 Å². The van der Waals surface area contributed by atoms with Crippen LogP contribution in [0.4, 0.5) is 0 Å². The van der Waals surface area contributed by atoms with E-state index in [4.69, 9.17) is 10.1 Å². The summed E-state index contributed by atoms with van der Waals surface area (Å²) >= 11 is 0. The van der Waals surface area contributed by atoms with Gasteiger partial charge >= 0.3 is 0 Å². The minimum atomic E-state index is 0.126. The molecule has 1 heterocycles. The fourth-order valence-corrected chi connectivity index (χ4v) is 3.79. The van der Waals surface area contributed by atoms with Crippen molar-refractivity contribution in [3.8, 4) is 6.19 Å². The van der Waals surface area contributed by atoms with E-state index in [0.29, 0.717) is 25.6 Å². The Kier molecular flexibility index (Phi) is 17.2. The highest BCUT2D eigenvalue weighted by Crippen LogP contribution is 2.24. The maximum absolute atomic E-state index is 12.7. The van der Waals surface area contributed by atoms with Gasteiger partial charge in [0.2, 0.25) is 5.91 Å². The standard InChI is InChI=1S/C21H38N4O2.C7H10N2/c1-21(2,3)14-16-25(27-19-11-7-6-8-12-19)20(26)13-9-4-5-10-15-23-18-24-17-22;1-8-7-3-2-5-9-6-4-7/h18-19H,4-16H2,1-3H3,(H,23,24);2-8H,1H3. The van der Waals surface area contributed by atoms with E-state index < -0.39 is 0 Å². The summed E-state index contributed by atoms with van der Waals surface area (Å²) in [4.78, 5) is 26.8. The molecule has 1 atom stereocenters. The normalized spacial score (nSPS) is 17.8. The second-order valence-corrected chi connectivity index (χ2v) is 10.5. The van der Waals surface area contributed by atoms with Gasteiger partial charge in [-0.05, 0) is 56.7 Å². The van der Waals surface area contributed by atoms with Gasteiger partial charge in [-0.15, -0.1) is 0 Å². The Labute approximate surface area is 218 Å². The summed E-state index contributed by atoms with van der Waals surface area (Å²) < 4.78 is 0. The Balaban J connectivity index is 0.000000600. The SMILES string of the molecule is CC(C)(C)CCN(OC1CCCCC1)C(=O)CCCCCCN=CNC#N.CNC1C=CC=NC=C1. The molecule has 0 saturated heterocycles. The van der Waals surface area contributed by atoms with E-state index in [1.165, 1.54) is 25.6 Å². The molecule has 0 aromatic carbocycles. The largest absolute Gasteiger partial charge is 0.310 e. The zero-order valence-electron chi connectivity index (χ0n) is 22.9. The van der Waals surface area contributed by atoms with Crippen LogP contribution in [0.15, 0.2) is 34.4 Å². The number of carbonyl (C=O) groups is 1. The lowest BCUT2D eigenvalue weighted by Crippen LogP contribution is -2.38. The number of unbranched alkanes of at least 4 members (excludes halogenated alkanes) is 3. The van der Waals surface area contributed by atoms with Crippen LogP contribution >= 0.6 is 0 Å². The molecule has 8 heteroatoms. The lowest BCUT2D eigenvalue weighted by Gasteiger charge is -2.31. The fourth-order valence-electron chi connectivity index (χ4n) is 3.79. The highest BCUT2D eigenvalue weighted by atomic mass is 16.7. The quantitative estimate of drug-likeness (QED) is 0.0893. The number of likely N-dealkylation sites (N-methyl/N-ethyl adjacent to an activating group) is 1. The number of allylic oxidation sites excluding steroid dienone is 1. The average molecular weight is 501 g/mol. The molecule has 202 valence electrons. The minimum Gasteiger partial charge on any atom is -0.310 e. The molecule has 1 aliphatic heterocycles. The van der Waals surface area contributed by atoms with Crippen molar-refractivity contribution in [2.24, 2.45) is 15.4 Å². The topological polar surface area (TPSA) is 102 Å². The summed E-state index contributed by atoms with van der Waals surface area (Å²) in [6.45, 7) is 7.99. The Hall–Kier alpha value is -2.50. The fraction of sp³-hybridized carbons (Fsp3) is 0.714. The minimum absolute atomic E-state index is 0.126. The van der Waals surface area contributed by atoms with Crippen molar-refractivity contribution < 1.29 is 9.63 Å². The van der Waals surface area contributed by atoms with Gasteiger partial charge in [0.15, 0.2) is 6.19 Å². The van der Waals surface area contributed by atoms with E-state index in [0.717, 1.165) is 44.9 Å². The first-order valence-electron chi connectivity index (χ1n) is 13.5. The molecule has 0 spiro atoms. The highest BCUT2D eigenvalue weighted by Gasteiger charge is 2.23. The first kappa shape index (κ1) is 31.5. The predicted octanol–water partition coefficient (Wildman–Crippen LogP) is 5.29. The van der Waals surface area contributed by atoms with Gasteiger partial charge in [0.1, 0.15) is 0 Å². The molecule has 1 amide bonds. The van der Waals surface area contributed by atoms with E-state index in [1.54, 1.807) is 23.7 Å². The van der Waals surface area contributed by atoms with E-state index >= 15 is 0 Å². The van der Waals surface area contributed by atoms with Crippen LogP contribution in [0.25, 0.3) is 0 Å². The second-order valence-electron chi connectivity index (χ2n) is 10.5. The van der Waals surface area contributed by atoms with Gasteiger partial charge in [-0.2, -0.15) is 5.26 Å². The molecular weight excluding hydrogens is 452 g/mol. The van der Waals surface area contributed by atoms with Gasteiger partial charge in [-0.3, -0.25) is 24.9 Å². The number of hydrogen-bond acceptors (Lipinski definition) is 6. The average Bonchev–Trinajstić information content (AvgIpc) is 3.15. The van der Waals surface area contributed by atoms with Crippen LogP contribution in [-0.4, -0.2) is 55.8 Å². The van der Waals surface area contributed by atoms with Crippen LogP contribution in [0, 0.1) is 16.9 Å². The van der Waals surface area contributed by atoms with Gasteiger partial charge in [-0.25, -0.2) is 5.06 Å². The summed E-state index contributed by atoms with van der Waals surface area (Å²) in [7, 11) is 1.92. The molecule has 1 aliphatic carbocycles. The maximum Gasteiger partial charge on any atom is 0.246 e. The van der Waals surface area contributed by atoms with Gasteiger partial charge in [0, 0.05) is 38.0 Å². The molecule has 8 nitrogen and oxygen atoms in total. The third-order valence-corrected chi connectivity index (χ3v) is 6.02. The third-order valence-electron chi connectivity index (χ3n) is 6.02. The first-order chi connectivity index (χ1) is 17.4. The number of nitriles is 1. The summed E-state index contributed by atoms with van der Waals surface area (Å²) in [6, 6.07) is 0.340. The number of rotatable bonds is 13. The summed E-state index contributed by atoms with van der Waals surface area (Å²) in [5, 5.41) is 15.5. The van der Waals surface area contributed by atoms with Gasteiger partial charge in [-0.1, -0.05) is 59.0 Å². The Bertz CT molecular complexity index is 726. The molecule has 0 aromatic heterocycles. The smallest absolute Gasteiger partial charge is 0.246 e. The zero-order valence-corrected chi connectivity index (χ0v) is 22.9. The summed E-state index contributed by atoms with van der Waals surface area (Å²) in [6.07, 6.45) is 24.2. The summed E-state index contributed by atoms with van der Waals surface area (Å²) in [5.41, 5.74) is 0.190. The summed E-state index contributed by atoms with van der Waals surface area (Å²) in [5.74, 6) is 0.126. The van der Waals surface area contributed by atoms with Gasteiger partial charge in [0.05, 0.1) is 12.4 Å². The van der Waals surface area contributed by atoms with Crippen molar-refractivity contribution in [3.63, 3.8) is 0 Å². The first-order valence-corrected chi connectivity index (χ1v) is 13.5. The number of nitrogens with one attached hydrogen (secondary N) is 2. The molecule has 0 radical (unpaired) electrons. The molecule has 1 unspecified atom stereocenters. The van der Waals surface area contributed by atoms with E-state index in [-0.39, 0.29) is 17.4 Å². The molecule has 1 fully saturated rings. The molecular formula is C28H48N6O2. The van der Waals surface area contributed by atoms with Crippen LogP contribution in [0.1, 0.15) is 91.4 Å². The van der Waals surface area contributed by atoms with Crippen molar-refractivity contribution in [2.45, 2.75) is 104 Å². The molecule has 36 heavy (non-hydrogen) atoms. The Morgan fingerprint density at radius 3 is 2.64 bits per heavy atom. The monoisotopic (exact) mass is 500 g/mol. The van der Waals surface area contributed by atoms with Crippen molar-refractivity contribution in [3.05, 3.63) is 24.4 Å². The lowest BCUT2D eigenvalue weighted by atomic mass is 9.92. The number of hydroxylamine groups is 2. The Morgan fingerprint density at radius 2 is 1.94 bits per heavy atom. The van der Waals surface area contributed by atoms with Crippen LogP contribution in [0.2, 0.25) is 0 Å². The zero-order chi connectivity index (χ0) is 26.5. The molecule has 2 N–H and O–H groups in total. The number of hydrogen-bond donors (Lipinski definition) is 2. The lowest BCUT2D eigenvalue weighted by molar-refractivity contribution is -0.212. The molecule has 0 bridgehead atoms. The van der Waals surface area contributed by atoms with Crippen LogP contribution in [0.3, 0.4) is 0 Å². The molecule has 1 saturated carbocycles. The van der Waals surface area contributed by atoms with E-state index in [9.17, 15) is 4.79 Å². The van der Waals surface area contributed by atoms with Crippen LogP contribution in [0.5, 0.6) is 0 Å². The van der Waals surface area contributed by atoms with Crippen molar-refractivity contribution in [2.75, 3.05) is 20.1 Å². The second kappa shape index (κ2) is 19.7. The van der Waals surface area contributed by atoms with E-state index in [1.807, 2.05) is 25.3 Å². The number of aliphatic imine (C=N–C) groups is 2. The predicted molar refractivity (Wildman–Crippen MR) is 149 cm³/mol. The number of carbonyl (C=O) groups excluding carboxylic acids is 1. The van der Waals surface area contributed by atoms with Gasteiger partial charge in [0.25, 0.3) is 0 Å². The highest BCUT2D eigenvalue weighted by molar-refractivity contribution is 5.75. The van der Waals surface area contributed by atoms with Crippen molar-refractivity contribution in [1.29, 1.82) is 5.26 Å². The third kappa shape index (κ3) is 17.0. The van der Waals surface area contributed by atoms with Crippen LogP contribution < -0.4 is 10.6 Å². The maximum atomic E-state index is 12.7. The molecule has 2 rings (SSSR count).